The Morgan fingerprint density at radius 1 is 1.40 bits per heavy atom. The summed E-state index contributed by atoms with van der Waals surface area (Å²) in [5.74, 6) is 4.44. The molecular formula is C14H21F3N2S. The number of thiophene rings is 1. The molecule has 0 spiro atoms. The number of rotatable bonds is 5. The second-order valence-electron chi connectivity index (χ2n) is 5.61. The molecule has 1 heterocycles. The number of nitrogens with one attached hydrogen (secondary N) is 1. The van der Waals surface area contributed by atoms with Gasteiger partial charge in [0.2, 0.25) is 0 Å². The lowest BCUT2D eigenvalue weighted by molar-refractivity contribution is -0.186. The highest BCUT2D eigenvalue weighted by molar-refractivity contribution is 7.07. The van der Waals surface area contributed by atoms with E-state index >= 15 is 0 Å². The van der Waals surface area contributed by atoms with Gasteiger partial charge in [-0.25, -0.2) is 0 Å². The van der Waals surface area contributed by atoms with Crippen molar-refractivity contribution in [2.45, 2.75) is 50.7 Å². The molecule has 1 fully saturated rings. The maximum Gasteiger partial charge on any atom is 0.391 e. The van der Waals surface area contributed by atoms with E-state index in [0.717, 1.165) is 19.3 Å². The molecule has 3 atom stereocenters. The fourth-order valence-corrected chi connectivity index (χ4v) is 3.81. The normalized spacial score (nSPS) is 25.6. The van der Waals surface area contributed by atoms with Gasteiger partial charge in [-0.05, 0) is 60.4 Å². The lowest BCUT2D eigenvalue weighted by Crippen LogP contribution is -2.44. The van der Waals surface area contributed by atoms with Crippen LogP contribution in [0.25, 0.3) is 0 Å². The van der Waals surface area contributed by atoms with E-state index in [2.05, 4.69) is 16.9 Å². The molecule has 0 saturated heterocycles. The molecule has 1 saturated carbocycles. The van der Waals surface area contributed by atoms with Crippen LogP contribution in [0.15, 0.2) is 16.8 Å². The van der Waals surface area contributed by atoms with Gasteiger partial charge in [-0.1, -0.05) is 6.42 Å². The van der Waals surface area contributed by atoms with Gasteiger partial charge >= 0.3 is 6.18 Å². The Labute approximate surface area is 121 Å². The van der Waals surface area contributed by atoms with Gasteiger partial charge in [0.25, 0.3) is 0 Å². The molecule has 0 radical (unpaired) electrons. The maximum absolute atomic E-state index is 12.8. The number of alkyl halides is 3. The molecule has 1 aromatic rings. The number of hydrogen-bond donors (Lipinski definition) is 2. The summed E-state index contributed by atoms with van der Waals surface area (Å²) < 4.78 is 38.5. The molecule has 3 unspecified atom stereocenters. The average Bonchev–Trinajstić information content (AvgIpc) is 2.92. The highest BCUT2D eigenvalue weighted by atomic mass is 32.1. The zero-order valence-electron chi connectivity index (χ0n) is 11.3. The molecule has 0 amide bonds. The maximum atomic E-state index is 12.8. The van der Waals surface area contributed by atoms with Crippen molar-refractivity contribution >= 4 is 11.3 Å². The first-order chi connectivity index (χ1) is 9.50. The summed E-state index contributed by atoms with van der Waals surface area (Å²) in [7, 11) is 0. The van der Waals surface area contributed by atoms with E-state index in [1.54, 1.807) is 11.3 Å². The highest BCUT2D eigenvalue weighted by Crippen LogP contribution is 2.41. The first-order valence-corrected chi connectivity index (χ1v) is 7.99. The van der Waals surface area contributed by atoms with Crippen LogP contribution < -0.4 is 11.3 Å². The zero-order chi connectivity index (χ0) is 14.6. The number of aryl methyl sites for hydroxylation is 1. The van der Waals surface area contributed by atoms with E-state index in [0.29, 0.717) is 6.42 Å². The molecule has 20 heavy (non-hydrogen) atoms. The third-order valence-electron chi connectivity index (χ3n) is 4.28. The van der Waals surface area contributed by atoms with Gasteiger partial charge in [-0.3, -0.25) is 11.3 Å². The minimum absolute atomic E-state index is 0.0269. The summed E-state index contributed by atoms with van der Waals surface area (Å²) >= 11 is 1.64. The SMILES string of the molecule is NNC(CCc1ccsc1)C1CCCC(C(F)(F)F)C1. The van der Waals surface area contributed by atoms with Crippen LogP contribution in [0.2, 0.25) is 0 Å². The third-order valence-corrected chi connectivity index (χ3v) is 5.02. The molecule has 1 aromatic heterocycles. The molecule has 2 rings (SSSR count). The van der Waals surface area contributed by atoms with Crippen molar-refractivity contribution in [3.63, 3.8) is 0 Å². The zero-order valence-corrected chi connectivity index (χ0v) is 12.1. The molecule has 3 N–H and O–H groups in total. The number of halogens is 3. The van der Waals surface area contributed by atoms with Crippen molar-refractivity contribution in [2.24, 2.45) is 17.7 Å². The standard InChI is InChI=1S/C14H21F3N2S/c15-14(16,17)12-3-1-2-11(8-12)13(19-18)5-4-10-6-7-20-9-10/h6-7,9,11-13,19H,1-5,8,18H2. The minimum atomic E-state index is -4.06. The molecule has 2 nitrogen and oxygen atoms in total. The van der Waals surface area contributed by atoms with Crippen LogP contribution >= 0.6 is 11.3 Å². The lowest BCUT2D eigenvalue weighted by atomic mass is 9.76. The predicted molar refractivity (Wildman–Crippen MR) is 75.3 cm³/mol. The lowest BCUT2D eigenvalue weighted by Gasteiger charge is -2.35. The van der Waals surface area contributed by atoms with Crippen molar-refractivity contribution in [2.75, 3.05) is 0 Å². The summed E-state index contributed by atoms with van der Waals surface area (Å²) in [4.78, 5) is 0. The summed E-state index contributed by atoms with van der Waals surface area (Å²) in [5.41, 5.74) is 3.98. The fourth-order valence-electron chi connectivity index (χ4n) is 3.10. The van der Waals surface area contributed by atoms with Crippen LogP contribution in [-0.2, 0) is 6.42 Å². The van der Waals surface area contributed by atoms with Crippen LogP contribution in [0.5, 0.6) is 0 Å². The predicted octanol–water partition coefficient (Wildman–Crippen LogP) is 3.88. The van der Waals surface area contributed by atoms with E-state index in [-0.39, 0.29) is 24.8 Å². The van der Waals surface area contributed by atoms with Crippen LogP contribution in [-0.4, -0.2) is 12.2 Å². The van der Waals surface area contributed by atoms with Crippen LogP contribution in [0.3, 0.4) is 0 Å². The number of hydrazine groups is 1. The molecule has 114 valence electrons. The van der Waals surface area contributed by atoms with Crippen LogP contribution in [0, 0.1) is 11.8 Å². The number of hydrogen-bond acceptors (Lipinski definition) is 3. The van der Waals surface area contributed by atoms with Crippen molar-refractivity contribution in [3.05, 3.63) is 22.4 Å². The largest absolute Gasteiger partial charge is 0.391 e. The summed E-state index contributed by atoms with van der Waals surface area (Å²) in [5, 5.41) is 4.09. The van der Waals surface area contributed by atoms with Crippen molar-refractivity contribution < 1.29 is 13.2 Å². The van der Waals surface area contributed by atoms with Gasteiger partial charge < -0.3 is 0 Å². The highest BCUT2D eigenvalue weighted by Gasteiger charge is 2.43. The molecule has 0 aliphatic heterocycles. The second kappa shape index (κ2) is 6.91. The summed E-state index contributed by atoms with van der Waals surface area (Å²) in [6.07, 6.45) is -0.445. The molecule has 0 aromatic carbocycles. The topological polar surface area (TPSA) is 38.0 Å². The van der Waals surface area contributed by atoms with Crippen LogP contribution in [0.1, 0.15) is 37.7 Å². The molecule has 6 heteroatoms. The quantitative estimate of drug-likeness (QED) is 0.640. The van der Waals surface area contributed by atoms with Crippen molar-refractivity contribution in [3.8, 4) is 0 Å². The Hall–Kier alpha value is -0.590. The van der Waals surface area contributed by atoms with E-state index < -0.39 is 12.1 Å². The Bertz CT molecular complexity index is 392. The van der Waals surface area contributed by atoms with Gasteiger partial charge in [0, 0.05) is 6.04 Å². The number of nitrogens with two attached hydrogens (primary N) is 1. The average molecular weight is 306 g/mol. The fraction of sp³-hybridized carbons (Fsp3) is 0.714. The van der Waals surface area contributed by atoms with Gasteiger partial charge in [-0.15, -0.1) is 0 Å². The molecule has 1 aliphatic rings. The van der Waals surface area contributed by atoms with Gasteiger partial charge in [0.05, 0.1) is 5.92 Å². The third kappa shape index (κ3) is 4.20. The second-order valence-corrected chi connectivity index (χ2v) is 6.39. The van der Waals surface area contributed by atoms with Crippen molar-refractivity contribution in [1.82, 2.24) is 5.43 Å². The molecule has 0 bridgehead atoms. The summed E-state index contributed by atoms with van der Waals surface area (Å²) in [6.45, 7) is 0. The Balaban J connectivity index is 1.89. The Morgan fingerprint density at radius 3 is 2.80 bits per heavy atom. The van der Waals surface area contributed by atoms with E-state index in [9.17, 15) is 13.2 Å². The van der Waals surface area contributed by atoms with E-state index in [1.165, 1.54) is 5.56 Å². The monoisotopic (exact) mass is 306 g/mol. The van der Waals surface area contributed by atoms with Gasteiger partial charge in [0.15, 0.2) is 0 Å². The van der Waals surface area contributed by atoms with Crippen LogP contribution in [0.4, 0.5) is 13.2 Å². The van der Waals surface area contributed by atoms with E-state index in [1.807, 2.05) is 5.38 Å². The molecule has 1 aliphatic carbocycles. The Kier molecular flexibility index (Phi) is 5.46. The first-order valence-electron chi connectivity index (χ1n) is 7.04. The minimum Gasteiger partial charge on any atom is -0.271 e. The van der Waals surface area contributed by atoms with Crippen molar-refractivity contribution in [1.29, 1.82) is 0 Å². The smallest absolute Gasteiger partial charge is 0.271 e. The Morgan fingerprint density at radius 2 is 2.20 bits per heavy atom. The van der Waals surface area contributed by atoms with Gasteiger partial charge in [-0.2, -0.15) is 24.5 Å². The summed E-state index contributed by atoms with van der Waals surface area (Å²) in [6, 6.07) is 2.03. The van der Waals surface area contributed by atoms with E-state index in [4.69, 9.17) is 5.84 Å². The van der Waals surface area contributed by atoms with Gasteiger partial charge in [0.1, 0.15) is 0 Å². The first kappa shape index (κ1) is 15.8. The molecular weight excluding hydrogens is 285 g/mol.